The third-order valence-corrected chi connectivity index (χ3v) is 4.43. The first kappa shape index (κ1) is 14.7. The summed E-state index contributed by atoms with van der Waals surface area (Å²) in [6.07, 6.45) is 1.91. The van der Waals surface area contributed by atoms with Crippen molar-refractivity contribution in [3.8, 4) is 0 Å². The Hall–Kier alpha value is -2.21. The Bertz CT molecular complexity index is 667. The van der Waals surface area contributed by atoms with E-state index in [0.717, 1.165) is 5.56 Å². The normalized spacial score (nSPS) is 17.8. The molecule has 6 heteroatoms. The number of nitrogens with one attached hydrogen (secondary N) is 1. The average Bonchev–Trinajstić information content (AvgIpc) is 3.12. The first-order valence-electron chi connectivity index (χ1n) is 7.15. The number of carbonyl (C=O) groups is 2. The summed E-state index contributed by atoms with van der Waals surface area (Å²) in [6.45, 7) is 3.05. The third-order valence-electron chi connectivity index (χ3n) is 3.74. The van der Waals surface area contributed by atoms with Gasteiger partial charge in [0.15, 0.2) is 5.13 Å². The van der Waals surface area contributed by atoms with Crippen molar-refractivity contribution < 1.29 is 9.59 Å². The fraction of sp³-hybridized carbons (Fsp3) is 0.312. The summed E-state index contributed by atoms with van der Waals surface area (Å²) in [5.74, 6) is -0.406. The van der Waals surface area contributed by atoms with Crippen LogP contribution < -0.4 is 5.32 Å². The molecule has 2 amide bonds. The van der Waals surface area contributed by atoms with Gasteiger partial charge in [-0.1, -0.05) is 29.8 Å². The molecule has 0 aliphatic carbocycles. The minimum Gasteiger partial charge on any atom is -0.338 e. The van der Waals surface area contributed by atoms with Crippen LogP contribution in [0.5, 0.6) is 0 Å². The SMILES string of the molecule is Cc1ccc(CN2C[C@H](C(=O)Nc3nccs3)CC2=O)cc1. The van der Waals surface area contributed by atoms with Gasteiger partial charge in [0.05, 0.1) is 5.92 Å². The zero-order valence-corrected chi connectivity index (χ0v) is 13.1. The highest BCUT2D eigenvalue weighted by atomic mass is 32.1. The largest absolute Gasteiger partial charge is 0.338 e. The van der Waals surface area contributed by atoms with Gasteiger partial charge in [-0.25, -0.2) is 4.98 Å². The van der Waals surface area contributed by atoms with Gasteiger partial charge >= 0.3 is 0 Å². The summed E-state index contributed by atoms with van der Waals surface area (Å²) in [6, 6.07) is 8.10. The van der Waals surface area contributed by atoms with Crippen molar-refractivity contribution in [2.75, 3.05) is 11.9 Å². The molecule has 0 unspecified atom stereocenters. The Balaban J connectivity index is 1.60. The molecule has 1 saturated heterocycles. The molecule has 1 aliphatic rings. The Morgan fingerprint density at radius 3 is 2.86 bits per heavy atom. The number of anilines is 1. The maximum absolute atomic E-state index is 12.2. The lowest BCUT2D eigenvalue weighted by Gasteiger charge is -2.16. The predicted octanol–water partition coefficient (Wildman–Crippen LogP) is 2.44. The first-order valence-corrected chi connectivity index (χ1v) is 8.03. The predicted molar refractivity (Wildman–Crippen MR) is 85.4 cm³/mol. The molecule has 22 heavy (non-hydrogen) atoms. The van der Waals surface area contributed by atoms with E-state index in [-0.39, 0.29) is 24.2 Å². The minimum atomic E-state index is -0.304. The van der Waals surface area contributed by atoms with E-state index in [1.54, 1.807) is 16.5 Å². The van der Waals surface area contributed by atoms with Gasteiger partial charge in [0.1, 0.15) is 0 Å². The zero-order valence-electron chi connectivity index (χ0n) is 12.3. The van der Waals surface area contributed by atoms with E-state index < -0.39 is 0 Å². The van der Waals surface area contributed by atoms with E-state index in [1.807, 2.05) is 31.2 Å². The molecule has 1 aliphatic heterocycles. The minimum absolute atomic E-state index is 0.0277. The number of rotatable bonds is 4. The highest BCUT2D eigenvalue weighted by Crippen LogP contribution is 2.22. The van der Waals surface area contributed by atoms with Crippen molar-refractivity contribution in [2.45, 2.75) is 19.9 Å². The Kier molecular flexibility index (Phi) is 4.20. The summed E-state index contributed by atoms with van der Waals surface area (Å²) in [5, 5.41) is 5.15. The number of thiazole rings is 1. The highest BCUT2D eigenvalue weighted by molar-refractivity contribution is 7.13. The summed E-state index contributed by atoms with van der Waals surface area (Å²) >= 11 is 1.37. The molecule has 5 nitrogen and oxygen atoms in total. The number of aryl methyl sites for hydroxylation is 1. The lowest BCUT2D eigenvalue weighted by Crippen LogP contribution is -2.28. The molecule has 114 valence electrons. The lowest BCUT2D eigenvalue weighted by molar-refractivity contribution is -0.128. The van der Waals surface area contributed by atoms with Crippen molar-refractivity contribution in [3.05, 3.63) is 47.0 Å². The van der Waals surface area contributed by atoms with Crippen LogP contribution in [0.4, 0.5) is 5.13 Å². The fourth-order valence-electron chi connectivity index (χ4n) is 2.51. The van der Waals surface area contributed by atoms with Gasteiger partial charge in [0.25, 0.3) is 0 Å². The molecule has 0 radical (unpaired) electrons. The molecule has 0 saturated carbocycles. The number of hydrogen-bond donors (Lipinski definition) is 1. The molecule has 2 heterocycles. The van der Waals surface area contributed by atoms with Crippen LogP contribution in [-0.2, 0) is 16.1 Å². The van der Waals surface area contributed by atoms with Gasteiger partial charge in [0, 0.05) is 31.1 Å². The number of amides is 2. The van der Waals surface area contributed by atoms with E-state index in [2.05, 4.69) is 10.3 Å². The van der Waals surface area contributed by atoms with Gasteiger partial charge < -0.3 is 10.2 Å². The lowest BCUT2D eigenvalue weighted by atomic mass is 10.1. The third kappa shape index (κ3) is 3.33. The molecule has 1 fully saturated rings. The van der Waals surface area contributed by atoms with Gasteiger partial charge in [-0.3, -0.25) is 9.59 Å². The molecule has 0 spiro atoms. The molecule has 1 aromatic heterocycles. The van der Waals surface area contributed by atoms with Crippen LogP contribution in [0.25, 0.3) is 0 Å². The second-order valence-corrected chi connectivity index (χ2v) is 6.38. The monoisotopic (exact) mass is 315 g/mol. The van der Waals surface area contributed by atoms with Crippen LogP contribution in [0.1, 0.15) is 17.5 Å². The molecule has 3 rings (SSSR count). The number of benzene rings is 1. The van der Waals surface area contributed by atoms with Crippen LogP contribution >= 0.6 is 11.3 Å². The van der Waals surface area contributed by atoms with E-state index in [9.17, 15) is 9.59 Å². The van der Waals surface area contributed by atoms with Crippen LogP contribution in [0.3, 0.4) is 0 Å². The van der Waals surface area contributed by atoms with Crippen molar-refractivity contribution in [2.24, 2.45) is 5.92 Å². The fourth-order valence-corrected chi connectivity index (χ4v) is 3.04. The van der Waals surface area contributed by atoms with E-state index in [0.29, 0.717) is 18.2 Å². The van der Waals surface area contributed by atoms with E-state index >= 15 is 0 Å². The smallest absolute Gasteiger partial charge is 0.231 e. The van der Waals surface area contributed by atoms with Crippen LogP contribution in [0.15, 0.2) is 35.8 Å². The molecule has 1 aromatic carbocycles. The molecule has 1 atom stereocenters. The Morgan fingerprint density at radius 1 is 1.41 bits per heavy atom. The molecular weight excluding hydrogens is 298 g/mol. The zero-order chi connectivity index (χ0) is 15.5. The standard InChI is InChI=1S/C16H17N3O2S/c1-11-2-4-12(5-3-11)9-19-10-13(8-14(19)20)15(21)18-16-17-6-7-22-16/h2-7,13H,8-10H2,1H3,(H,17,18,21)/t13-/m1/s1. The number of carbonyl (C=O) groups excluding carboxylic acids is 2. The average molecular weight is 315 g/mol. The van der Waals surface area contributed by atoms with Crippen molar-refractivity contribution in [1.82, 2.24) is 9.88 Å². The highest BCUT2D eigenvalue weighted by Gasteiger charge is 2.34. The molecular formula is C16H17N3O2S. The van der Waals surface area contributed by atoms with Crippen LogP contribution in [-0.4, -0.2) is 28.2 Å². The quantitative estimate of drug-likeness (QED) is 0.942. The number of nitrogens with zero attached hydrogens (tertiary/aromatic N) is 2. The van der Waals surface area contributed by atoms with Gasteiger partial charge in [-0.15, -0.1) is 11.3 Å². The van der Waals surface area contributed by atoms with Gasteiger partial charge in [-0.2, -0.15) is 0 Å². The van der Waals surface area contributed by atoms with Crippen LogP contribution in [0.2, 0.25) is 0 Å². The molecule has 1 N–H and O–H groups in total. The molecule has 2 aromatic rings. The Labute approximate surface area is 133 Å². The Morgan fingerprint density at radius 2 is 2.18 bits per heavy atom. The summed E-state index contributed by atoms with van der Waals surface area (Å²) in [5.41, 5.74) is 2.28. The van der Waals surface area contributed by atoms with Crippen molar-refractivity contribution in [3.63, 3.8) is 0 Å². The topological polar surface area (TPSA) is 62.3 Å². The summed E-state index contributed by atoms with van der Waals surface area (Å²) in [7, 11) is 0. The van der Waals surface area contributed by atoms with Crippen LogP contribution in [0, 0.1) is 12.8 Å². The maximum atomic E-state index is 12.2. The number of likely N-dealkylation sites (tertiary alicyclic amines) is 1. The summed E-state index contributed by atoms with van der Waals surface area (Å²) in [4.78, 5) is 30.0. The van der Waals surface area contributed by atoms with Crippen molar-refractivity contribution >= 4 is 28.3 Å². The van der Waals surface area contributed by atoms with E-state index in [1.165, 1.54) is 16.9 Å². The van der Waals surface area contributed by atoms with Gasteiger partial charge in [-0.05, 0) is 12.5 Å². The second-order valence-electron chi connectivity index (χ2n) is 5.49. The number of hydrogen-bond acceptors (Lipinski definition) is 4. The summed E-state index contributed by atoms with van der Waals surface area (Å²) < 4.78 is 0. The first-order chi connectivity index (χ1) is 10.6. The molecule has 0 bridgehead atoms. The van der Waals surface area contributed by atoms with E-state index in [4.69, 9.17) is 0 Å². The van der Waals surface area contributed by atoms with Gasteiger partial charge in [0.2, 0.25) is 11.8 Å². The second kappa shape index (κ2) is 6.27. The number of aromatic nitrogens is 1. The van der Waals surface area contributed by atoms with Crippen molar-refractivity contribution in [1.29, 1.82) is 0 Å². The maximum Gasteiger partial charge on any atom is 0.231 e.